The van der Waals surface area contributed by atoms with Gasteiger partial charge in [0.1, 0.15) is 0 Å². The van der Waals surface area contributed by atoms with E-state index < -0.39 is 0 Å². The van der Waals surface area contributed by atoms with Crippen LogP contribution in [-0.2, 0) is 4.74 Å². The third-order valence-electron chi connectivity index (χ3n) is 3.79. The normalized spacial score (nSPS) is 10.9. The fourth-order valence-electron chi connectivity index (χ4n) is 2.95. The van der Waals surface area contributed by atoms with Crippen molar-refractivity contribution >= 4 is 0 Å². The van der Waals surface area contributed by atoms with Gasteiger partial charge in [0, 0.05) is 13.0 Å². The van der Waals surface area contributed by atoms with E-state index in [0.29, 0.717) is 5.92 Å². The predicted octanol–water partition coefficient (Wildman–Crippen LogP) is 7.14. The van der Waals surface area contributed by atoms with E-state index in [9.17, 15) is 0 Å². The van der Waals surface area contributed by atoms with Crippen LogP contribution in [0.15, 0.2) is 36.4 Å². The van der Waals surface area contributed by atoms with E-state index >= 15 is 0 Å². The maximum absolute atomic E-state index is 5.42. The van der Waals surface area contributed by atoms with Crippen LogP contribution >= 0.6 is 0 Å². The second-order valence-corrected chi connectivity index (χ2v) is 5.19. The molecule has 0 spiro atoms. The first-order valence-corrected chi connectivity index (χ1v) is 9.41. The Labute approximate surface area is 150 Å². The van der Waals surface area contributed by atoms with Gasteiger partial charge in [0.05, 0.1) is 6.61 Å². The number of ether oxygens (including phenoxy) is 1. The molecule has 0 atom stereocenters. The van der Waals surface area contributed by atoms with Gasteiger partial charge in [-0.25, -0.2) is 0 Å². The van der Waals surface area contributed by atoms with E-state index in [0.717, 1.165) is 6.61 Å². The van der Waals surface area contributed by atoms with Gasteiger partial charge in [0.15, 0.2) is 0 Å². The standard InChI is InChI=1S/C17H18O.3C2H6/c1-11-4-6-13-14-7-5-12(2)9-16(14)17(10-18-3)15(13)8-11;3*1-2/h4-9,17H,10H2,1-3H3;3*1-2H3. The van der Waals surface area contributed by atoms with Crippen molar-refractivity contribution < 1.29 is 4.74 Å². The molecule has 2 aromatic rings. The summed E-state index contributed by atoms with van der Waals surface area (Å²) in [4.78, 5) is 0. The fraction of sp³-hybridized carbons (Fsp3) is 0.478. The molecule has 0 radical (unpaired) electrons. The summed E-state index contributed by atoms with van der Waals surface area (Å²) < 4.78 is 5.42. The SMILES string of the molecule is CC.CC.CC.COCC1c2cc(C)ccc2-c2ccc(C)cc21. The Morgan fingerprint density at radius 3 is 1.42 bits per heavy atom. The molecule has 0 aromatic heterocycles. The third-order valence-corrected chi connectivity index (χ3v) is 3.79. The van der Waals surface area contributed by atoms with Crippen molar-refractivity contribution in [2.24, 2.45) is 0 Å². The second-order valence-electron chi connectivity index (χ2n) is 5.19. The average molecular weight is 329 g/mol. The molecule has 0 fully saturated rings. The predicted molar refractivity (Wildman–Crippen MR) is 109 cm³/mol. The van der Waals surface area contributed by atoms with E-state index in [1.54, 1.807) is 7.11 Å². The molecule has 1 nitrogen and oxygen atoms in total. The Hall–Kier alpha value is -1.60. The van der Waals surface area contributed by atoms with Gasteiger partial charge in [0.2, 0.25) is 0 Å². The zero-order valence-corrected chi connectivity index (χ0v) is 17.2. The zero-order chi connectivity index (χ0) is 18.7. The van der Waals surface area contributed by atoms with Gasteiger partial charge in [-0.1, -0.05) is 89.1 Å². The van der Waals surface area contributed by atoms with Crippen LogP contribution in [-0.4, -0.2) is 13.7 Å². The maximum atomic E-state index is 5.42. The van der Waals surface area contributed by atoms with Crippen LogP contribution in [0.5, 0.6) is 0 Å². The van der Waals surface area contributed by atoms with E-state index in [4.69, 9.17) is 4.74 Å². The van der Waals surface area contributed by atoms with Crippen LogP contribution < -0.4 is 0 Å². The molecule has 0 aliphatic heterocycles. The van der Waals surface area contributed by atoms with Crippen molar-refractivity contribution in [1.82, 2.24) is 0 Å². The largest absolute Gasteiger partial charge is 0.384 e. The number of rotatable bonds is 2. The number of benzene rings is 2. The highest BCUT2D eigenvalue weighted by molar-refractivity contribution is 5.79. The summed E-state index contributed by atoms with van der Waals surface area (Å²) in [6.45, 7) is 17.1. The first-order chi connectivity index (χ1) is 11.7. The van der Waals surface area contributed by atoms with Crippen LogP contribution in [0.3, 0.4) is 0 Å². The van der Waals surface area contributed by atoms with E-state index in [-0.39, 0.29) is 0 Å². The quantitative estimate of drug-likeness (QED) is 0.569. The molecule has 1 heteroatoms. The Bertz CT molecular complexity index is 547. The fourth-order valence-corrected chi connectivity index (χ4v) is 2.95. The zero-order valence-electron chi connectivity index (χ0n) is 17.2. The van der Waals surface area contributed by atoms with Crippen molar-refractivity contribution in [2.45, 2.75) is 61.3 Å². The van der Waals surface area contributed by atoms with Crippen LogP contribution in [0, 0.1) is 13.8 Å². The Morgan fingerprint density at radius 1 is 0.708 bits per heavy atom. The monoisotopic (exact) mass is 328 g/mol. The molecule has 0 saturated heterocycles. The maximum Gasteiger partial charge on any atom is 0.0572 e. The molecule has 3 rings (SSSR count). The van der Waals surface area contributed by atoms with Crippen molar-refractivity contribution in [3.63, 3.8) is 0 Å². The second kappa shape index (κ2) is 11.9. The molecule has 1 aliphatic rings. The van der Waals surface area contributed by atoms with Crippen molar-refractivity contribution in [1.29, 1.82) is 0 Å². The molecule has 134 valence electrons. The molecular formula is C23H36O. The van der Waals surface area contributed by atoms with Crippen molar-refractivity contribution in [3.05, 3.63) is 58.7 Å². The van der Waals surface area contributed by atoms with Gasteiger partial charge in [0.25, 0.3) is 0 Å². The lowest BCUT2D eigenvalue weighted by molar-refractivity contribution is 0.190. The molecule has 2 aromatic carbocycles. The number of hydrogen-bond donors (Lipinski definition) is 0. The first-order valence-electron chi connectivity index (χ1n) is 9.41. The topological polar surface area (TPSA) is 9.23 Å². The summed E-state index contributed by atoms with van der Waals surface area (Å²) in [5, 5.41) is 0. The van der Waals surface area contributed by atoms with Crippen molar-refractivity contribution in [2.75, 3.05) is 13.7 Å². The summed E-state index contributed by atoms with van der Waals surface area (Å²) in [6.07, 6.45) is 0. The van der Waals surface area contributed by atoms with E-state index in [1.807, 2.05) is 41.5 Å². The summed E-state index contributed by atoms with van der Waals surface area (Å²) >= 11 is 0. The smallest absolute Gasteiger partial charge is 0.0572 e. The molecule has 0 amide bonds. The summed E-state index contributed by atoms with van der Waals surface area (Å²) in [5.74, 6) is 0.389. The van der Waals surface area contributed by atoms with Gasteiger partial charge in [-0.3, -0.25) is 0 Å². The van der Waals surface area contributed by atoms with Crippen LogP contribution in [0.25, 0.3) is 11.1 Å². The molecule has 0 bridgehead atoms. The molecule has 1 aliphatic carbocycles. The highest BCUT2D eigenvalue weighted by atomic mass is 16.5. The van der Waals surface area contributed by atoms with E-state index in [1.165, 1.54) is 33.4 Å². The molecule has 24 heavy (non-hydrogen) atoms. The van der Waals surface area contributed by atoms with E-state index in [2.05, 4.69) is 50.2 Å². The summed E-state index contributed by atoms with van der Waals surface area (Å²) in [6, 6.07) is 13.5. The molecule has 0 unspecified atom stereocenters. The lowest BCUT2D eigenvalue weighted by Gasteiger charge is -2.13. The minimum atomic E-state index is 0.389. The number of hydrogen-bond acceptors (Lipinski definition) is 1. The Morgan fingerprint density at radius 2 is 1.08 bits per heavy atom. The Kier molecular flexibility index (Phi) is 11.1. The van der Waals surface area contributed by atoms with Gasteiger partial charge in [-0.2, -0.15) is 0 Å². The summed E-state index contributed by atoms with van der Waals surface area (Å²) in [5.41, 5.74) is 8.21. The Balaban J connectivity index is 0.000000798. The number of methoxy groups -OCH3 is 1. The lowest BCUT2D eigenvalue weighted by atomic mass is 9.96. The molecule has 0 heterocycles. The van der Waals surface area contributed by atoms with Crippen molar-refractivity contribution in [3.8, 4) is 11.1 Å². The van der Waals surface area contributed by atoms with Gasteiger partial charge >= 0.3 is 0 Å². The summed E-state index contributed by atoms with van der Waals surface area (Å²) in [7, 11) is 1.78. The highest BCUT2D eigenvalue weighted by Gasteiger charge is 2.28. The highest BCUT2D eigenvalue weighted by Crippen LogP contribution is 2.45. The molecular weight excluding hydrogens is 292 g/mol. The number of fused-ring (bicyclic) bond motifs is 3. The average Bonchev–Trinajstić information content (AvgIpc) is 2.93. The van der Waals surface area contributed by atoms with Gasteiger partial charge in [-0.05, 0) is 36.1 Å². The molecule has 0 N–H and O–H groups in total. The molecule has 0 saturated carbocycles. The number of aryl methyl sites for hydroxylation is 2. The van der Waals surface area contributed by atoms with Crippen LogP contribution in [0.4, 0.5) is 0 Å². The minimum Gasteiger partial charge on any atom is -0.384 e. The van der Waals surface area contributed by atoms with Crippen LogP contribution in [0.1, 0.15) is 69.7 Å². The lowest BCUT2D eigenvalue weighted by Crippen LogP contribution is -2.05. The third kappa shape index (κ3) is 4.95. The minimum absolute atomic E-state index is 0.389. The van der Waals surface area contributed by atoms with Gasteiger partial charge < -0.3 is 4.74 Å². The van der Waals surface area contributed by atoms with Crippen LogP contribution in [0.2, 0.25) is 0 Å². The first kappa shape index (κ1) is 22.4. The van der Waals surface area contributed by atoms with Gasteiger partial charge in [-0.15, -0.1) is 0 Å².